The predicted molar refractivity (Wildman–Crippen MR) is 68.9 cm³/mol. The number of benzene rings is 1. The lowest BCUT2D eigenvalue weighted by Crippen LogP contribution is -2.22. The minimum Gasteiger partial charge on any atom is -0.490 e. The first-order valence-corrected chi connectivity index (χ1v) is 6.84. The summed E-state index contributed by atoms with van der Waals surface area (Å²) in [5.74, 6) is 2.47. The van der Waals surface area contributed by atoms with Crippen LogP contribution in [0.4, 0.5) is 0 Å². The summed E-state index contributed by atoms with van der Waals surface area (Å²) in [4.78, 5) is 0. The van der Waals surface area contributed by atoms with Gasteiger partial charge in [0, 0.05) is 11.6 Å². The van der Waals surface area contributed by atoms with Crippen LogP contribution in [-0.4, -0.2) is 17.8 Å². The van der Waals surface area contributed by atoms with Gasteiger partial charge in [-0.15, -0.1) is 0 Å². The van der Waals surface area contributed by atoms with Gasteiger partial charge in [0.1, 0.15) is 24.2 Å². The SMILES string of the molecule is CC1CCC(Oc2ccc3c(c2)OCC3O)CC1. The smallest absolute Gasteiger partial charge is 0.129 e. The number of hydrogen-bond acceptors (Lipinski definition) is 3. The fourth-order valence-corrected chi connectivity index (χ4v) is 2.79. The van der Waals surface area contributed by atoms with Gasteiger partial charge in [-0.1, -0.05) is 6.92 Å². The van der Waals surface area contributed by atoms with Crippen molar-refractivity contribution in [2.75, 3.05) is 6.61 Å². The highest BCUT2D eigenvalue weighted by molar-refractivity contribution is 5.44. The molecule has 18 heavy (non-hydrogen) atoms. The zero-order valence-electron chi connectivity index (χ0n) is 10.8. The third-order valence-corrected chi connectivity index (χ3v) is 4.01. The first-order valence-electron chi connectivity index (χ1n) is 6.84. The van der Waals surface area contributed by atoms with Crippen LogP contribution in [-0.2, 0) is 0 Å². The molecule has 0 bridgehead atoms. The van der Waals surface area contributed by atoms with Crippen molar-refractivity contribution in [1.29, 1.82) is 0 Å². The summed E-state index contributed by atoms with van der Waals surface area (Å²) in [7, 11) is 0. The molecule has 1 unspecified atom stereocenters. The zero-order chi connectivity index (χ0) is 12.5. The number of ether oxygens (including phenoxy) is 2. The van der Waals surface area contributed by atoms with E-state index in [1.54, 1.807) is 0 Å². The molecule has 1 aromatic carbocycles. The lowest BCUT2D eigenvalue weighted by molar-refractivity contribution is 0.134. The molecule has 1 aliphatic carbocycles. The van der Waals surface area contributed by atoms with E-state index in [0.717, 1.165) is 35.8 Å². The zero-order valence-corrected chi connectivity index (χ0v) is 10.8. The van der Waals surface area contributed by atoms with Gasteiger partial charge in [0.25, 0.3) is 0 Å². The fraction of sp³-hybridized carbons (Fsp3) is 0.600. The highest BCUT2D eigenvalue weighted by Gasteiger charge is 2.24. The maximum atomic E-state index is 9.66. The van der Waals surface area contributed by atoms with E-state index in [4.69, 9.17) is 9.47 Å². The van der Waals surface area contributed by atoms with E-state index >= 15 is 0 Å². The van der Waals surface area contributed by atoms with Crippen LogP contribution < -0.4 is 9.47 Å². The van der Waals surface area contributed by atoms with Crippen LogP contribution in [0.15, 0.2) is 18.2 Å². The van der Waals surface area contributed by atoms with Crippen molar-refractivity contribution in [2.24, 2.45) is 5.92 Å². The third-order valence-electron chi connectivity index (χ3n) is 4.01. The molecule has 0 radical (unpaired) electrons. The maximum absolute atomic E-state index is 9.66. The van der Waals surface area contributed by atoms with Crippen molar-refractivity contribution < 1.29 is 14.6 Å². The summed E-state index contributed by atoms with van der Waals surface area (Å²) < 4.78 is 11.4. The Labute approximate surface area is 108 Å². The molecule has 0 aromatic heterocycles. The van der Waals surface area contributed by atoms with Gasteiger partial charge < -0.3 is 14.6 Å². The van der Waals surface area contributed by atoms with Gasteiger partial charge in [-0.3, -0.25) is 0 Å². The normalized spacial score (nSPS) is 30.7. The van der Waals surface area contributed by atoms with E-state index in [1.807, 2.05) is 18.2 Å². The van der Waals surface area contributed by atoms with Crippen LogP contribution in [0.1, 0.15) is 44.3 Å². The number of rotatable bonds is 2. The van der Waals surface area contributed by atoms with Gasteiger partial charge in [-0.05, 0) is 43.7 Å². The second-order valence-corrected chi connectivity index (χ2v) is 5.53. The lowest BCUT2D eigenvalue weighted by atomic mass is 9.89. The average Bonchev–Trinajstić information content (AvgIpc) is 2.74. The standard InChI is InChI=1S/C15H20O3/c1-10-2-4-11(5-3-10)18-12-6-7-13-14(16)9-17-15(13)8-12/h6-8,10-11,14,16H,2-5,9H2,1H3. The first-order chi connectivity index (χ1) is 8.72. The van der Waals surface area contributed by atoms with Gasteiger partial charge in [-0.25, -0.2) is 0 Å². The summed E-state index contributed by atoms with van der Waals surface area (Å²) in [5, 5.41) is 9.66. The van der Waals surface area contributed by atoms with Gasteiger partial charge in [-0.2, -0.15) is 0 Å². The van der Waals surface area contributed by atoms with E-state index in [1.165, 1.54) is 12.8 Å². The molecule has 1 saturated carbocycles. The van der Waals surface area contributed by atoms with E-state index in [-0.39, 0.29) is 0 Å². The van der Waals surface area contributed by atoms with Crippen molar-refractivity contribution in [2.45, 2.75) is 44.8 Å². The molecule has 3 nitrogen and oxygen atoms in total. The minimum atomic E-state index is -0.482. The van der Waals surface area contributed by atoms with Crippen molar-refractivity contribution in [3.63, 3.8) is 0 Å². The molecule has 0 spiro atoms. The molecule has 3 heteroatoms. The van der Waals surface area contributed by atoms with Crippen LogP contribution in [0.5, 0.6) is 11.5 Å². The Hall–Kier alpha value is -1.22. The van der Waals surface area contributed by atoms with E-state index in [2.05, 4.69) is 6.92 Å². The van der Waals surface area contributed by atoms with Gasteiger partial charge >= 0.3 is 0 Å². The molecular weight excluding hydrogens is 228 g/mol. The second kappa shape index (κ2) is 4.81. The highest BCUT2D eigenvalue weighted by atomic mass is 16.5. The molecule has 3 rings (SSSR count). The van der Waals surface area contributed by atoms with Crippen LogP contribution in [0.2, 0.25) is 0 Å². The van der Waals surface area contributed by atoms with Gasteiger partial charge in [0.05, 0.1) is 6.10 Å². The molecule has 1 atom stereocenters. The number of aliphatic hydroxyl groups is 1. The largest absolute Gasteiger partial charge is 0.490 e. The highest BCUT2D eigenvalue weighted by Crippen LogP contribution is 2.36. The summed E-state index contributed by atoms with van der Waals surface area (Å²) in [6.07, 6.45) is 4.65. The lowest BCUT2D eigenvalue weighted by Gasteiger charge is -2.27. The Bertz CT molecular complexity index is 422. The fourth-order valence-electron chi connectivity index (χ4n) is 2.79. The minimum absolute atomic E-state index is 0.338. The Kier molecular flexibility index (Phi) is 3.16. The monoisotopic (exact) mass is 248 g/mol. The molecule has 1 aromatic rings. The number of hydrogen-bond donors (Lipinski definition) is 1. The number of fused-ring (bicyclic) bond motifs is 1. The van der Waals surface area contributed by atoms with E-state index < -0.39 is 6.10 Å². The Morgan fingerprint density at radius 2 is 2.00 bits per heavy atom. The van der Waals surface area contributed by atoms with Crippen LogP contribution in [0, 0.1) is 5.92 Å². The Balaban J connectivity index is 1.67. The van der Waals surface area contributed by atoms with Crippen LogP contribution >= 0.6 is 0 Å². The molecule has 0 amide bonds. The summed E-state index contributed by atoms with van der Waals surface area (Å²) in [6, 6.07) is 5.76. The quantitative estimate of drug-likeness (QED) is 0.874. The Morgan fingerprint density at radius 3 is 2.78 bits per heavy atom. The Morgan fingerprint density at radius 1 is 1.22 bits per heavy atom. The molecule has 1 N–H and O–H groups in total. The molecule has 1 aliphatic heterocycles. The van der Waals surface area contributed by atoms with Crippen molar-refractivity contribution in [3.8, 4) is 11.5 Å². The molecule has 98 valence electrons. The average molecular weight is 248 g/mol. The van der Waals surface area contributed by atoms with Crippen LogP contribution in [0.25, 0.3) is 0 Å². The summed E-state index contributed by atoms with van der Waals surface area (Å²) in [5.41, 5.74) is 0.875. The van der Waals surface area contributed by atoms with Crippen molar-refractivity contribution >= 4 is 0 Å². The van der Waals surface area contributed by atoms with Crippen molar-refractivity contribution in [1.82, 2.24) is 0 Å². The third kappa shape index (κ3) is 2.32. The topological polar surface area (TPSA) is 38.7 Å². The predicted octanol–water partition coefficient (Wildman–Crippen LogP) is 3.07. The van der Waals surface area contributed by atoms with Gasteiger partial charge in [0.2, 0.25) is 0 Å². The van der Waals surface area contributed by atoms with Crippen LogP contribution in [0.3, 0.4) is 0 Å². The number of aliphatic hydroxyl groups excluding tert-OH is 1. The summed E-state index contributed by atoms with van der Waals surface area (Å²) >= 11 is 0. The summed E-state index contributed by atoms with van der Waals surface area (Å²) in [6.45, 7) is 2.67. The van der Waals surface area contributed by atoms with E-state index in [0.29, 0.717) is 12.7 Å². The first kappa shape index (κ1) is 11.8. The molecule has 2 aliphatic rings. The molecule has 0 saturated heterocycles. The molecular formula is C15H20O3. The van der Waals surface area contributed by atoms with Gasteiger partial charge in [0.15, 0.2) is 0 Å². The molecule has 1 fully saturated rings. The van der Waals surface area contributed by atoms with E-state index in [9.17, 15) is 5.11 Å². The molecule has 1 heterocycles. The maximum Gasteiger partial charge on any atom is 0.129 e. The van der Waals surface area contributed by atoms with Crippen molar-refractivity contribution in [3.05, 3.63) is 23.8 Å². The second-order valence-electron chi connectivity index (χ2n) is 5.53.